The third-order valence-corrected chi connectivity index (χ3v) is 2.88. The predicted octanol–water partition coefficient (Wildman–Crippen LogP) is 1.17. The van der Waals surface area contributed by atoms with Crippen molar-refractivity contribution in [3.05, 3.63) is 5.89 Å². The highest BCUT2D eigenvalue weighted by Crippen LogP contribution is 2.29. The Bertz CT molecular complexity index is 295. The fourth-order valence-electron chi connectivity index (χ4n) is 1.71. The maximum Gasteiger partial charge on any atom is 0.315 e. The molecule has 1 aromatic rings. The first-order chi connectivity index (χ1) is 7.38. The van der Waals surface area contributed by atoms with Gasteiger partial charge in [-0.05, 0) is 12.3 Å². The normalized spacial score (nSPS) is 16.3. The van der Waals surface area contributed by atoms with Crippen LogP contribution in [0.25, 0.3) is 0 Å². The Balaban J connectivity index is 1.67. The summed E-state index contributed by atoms with van der Waals surface area (Å²) in [6.07, 6.45) is 6.01. The van der Waals surface area contributed by atoms with Crippen molar-refractivity contribution in [3.8, 4) is 0 Å². The molecule has 1 aliphatic rings. The maximum atomic E-state index is 5.39. The van der Waals surface area contributed by atoms with Crippen LogP contribution in [0.2, 0.25) is 0 Å². The Kier molecular flexibility index (Phi) is 3.55. The summed E-state index contributed by atoms with van der Waals surface area (Å²) in [5.74, 6) is 1.52. The molecule has 84 valence electrons. The number of hydrogen-bond donors (Lipinski definition) is 2. The molecule has 0 radical (unpaired) electrons. The number of aromatic nitrogens is 2. The number of hydrogen-bond acceptors (Lipinski definition) is 5. The van der Waals surface area contributed by atoms with Gasteiger partial charge in [-0.15, -0.1) is 5.10 Å². The molecular weight excluding hydrogens is 192 g/mol. The molecule has 0 spiro atoms. The van der Waals surface area contributed by atoms with Gasteiger partial charge < -0.3 is 15.5 Å². The molecule has 0 amide bonds. The summed E-state index contributed by atoms with van der Waals surface area (Å²) in [5, 5.41) is 10.9. The van der Waals surface area contributed by atoms with Crippen LogP contribution < -0.4 is 11.1 Å². The lowest BCUT2D eigenvalue weighted by atomic mass is 9.83. The van der Waals surface area contributed by atoms with Crippen LogP contribution in [0.4, 0.5) is 6.01 Å². The molecule has 1 heterocycles. The van der Waals surface area contributed by atoms with Gasteiger partial charge >= 0.3 is 6.01 Å². The average molecular weight is 210 g/mol. The summed E-state index contributed by atoms with van der Waals surface area (Å²) in [6.45, 7) is 1.47. The van der Waals surface area contributed by atoms with E-state index < -0.39 is 0 Å². The van der Waals surface area contributed by atoms with Gasteiger partial charge in [-0.25, -0.2) is 0 Å². The van der Waals surface area contributed by atoms with E-state index in [0.717, 1.165) is 12.5 Å². The molecule has 1 aromatic heterocycles. The molecule has 0 atom stereocenters. The molecule has 0 unspecified atom stereocenters. The van der Waals surface area contributed by atoms with Crippen LogP contribution in [-0.4, -0.2) is 23.3 Å². The maximum absolute atomic E-state index is 5.39. The Morgan fingerprint density at radius 3 is 2.93 bits per heavy atom. The molecule has 0 aliphatic heterocycles. The zero-order chi connectivity index (χ0) is 10.5. The number of nitrogens with zero attached hydrogens (tertiary/aromatic N) is 2. The second-order valence-electron chi connectivity index (χ2n) is 4.05. The van der Waals surface area contributed by atoms with Crippen molar-refractivity contribution < 1.29 is 4.42 Å². The Hall–Kier alpha value is -1.10. The predicted molar refractivity (Wildman–Crippen MR) is 57.5 cm³/mol. The van der Waals surface area contributed by atoms with Crippen LogP contribution in [0.3, 0.4) is 0 Å². The molecule has 0 aromatic carbocycles. The van der Waals surface area contributed by atoms with Crippen molar-refractivity contribution in [3.63, 3.8) is 0 Å². The quantitative estimate of drug-likeness (QED) is 0.737. The van der Waals surface area contributed by atoms with Gasteiger partial charge in [0.05, 0.1) is 0 Å². The average Bonchev–Trinajstić information content (AvgIpc) is 2.58. The fraction of sp³-hybridized carbons (Fsp3) is 0.800. The monoisotopic (exact) mass is 210 g/mol. The first-order valence-corrected chi connectivity index (χ1v) is 5.65. The molecule has 0 saturated heterocycles. The van der Waals surface area contributed by atoms with Crippen molar-refractivity contribution in [2.24, 2.45) is 11.7 Å². The molecule has 2 rings (SSSR count). The van der Waals surface area contributed by atoms with Crippen LogP contribution in [0.15, 0.2) is 4.42 Å². The lowest BCUT2D eigenvalue weighted by Crippen LogP contribution is -2.15. The summed E-state index contributed by atoms with van der Waals surface area (Å²) in [4.78, 5) is 0. The van der Waals surface area contributed by atoms with Crippen LogP contribution >= 0.6 is 0 Å². The summed E-state index contributed by atoms with van der Waals surface area (Å²) in [7, 11) is 0. The highest BCUT2D eigenvalue weighted by atomic mass is 16.4. The van der Waals surface area contributed by atoms with Gasteiger partial charge in [0, 0.05) is 19.5 Å². The van der Waals surface area contributed by atoms with Crippen molar-refractivity contribution in [1.82, 2.24) is 10.2 Å². The van der Waals surface area contributed by atoms with Gasteiger partial charge in [-0.2, -0.15) is 0 Å². The number of anilines is 1. The minimum atomic E-state index is 0.526. The van der Waals surface area contributed by atoms with Gasteiger partial charge in [0.2, 0.25) is 5.89 Å². The van der Waals surface area contributed by atoms with E-state index in [9.17, 15) is 0 Å². The Labute approximate surface area is 89.4 Å². The standard InChI is InChI=1S/C10H18N4O/c11-6-4-9-13-14-10(15-9)12-7-5-8-2-1-3-8/h8H,1-7,11H2,(H,12,14). The third-order valence-electron chi connectivity index (χ3n) is 2.88. The summed E-state index contributed by atoms with van der Waals surface area (Å²) in [5.41, 5.74) is 5.39. The lowest BCUT2D eigenvalue weighted by molar-refractivity contribution is 0.302. The van der Waals surface area contributed by atoms with E-state index >= 15 is 0 Å². The largest absolute Gasteiger partial charge is 0.408 e. The van der Waals surface area contributed by atoms with Crippen LogP contribution in [0, 0.1) is 5.92 Å². The summed E-state index contributed by atoms with van der Waals surface area (Å²) >= 11 is 0. The number of rotatable bonds is 6. The first-order valence-electron chi connectivity index (χ1n) is 5.65. The van der Waals surface area contributed by atoms with Gasteiger partial charge in [-0.3, -0.25) is 0 Å². The smallest absolute Gasteiger partial charge is 0.315 e. The van der Waals surface area contributed by atoms with Crippen LogP contribution in [0.1, 0.15) is 31.6 Å². The van der Waals surface area contributed by atoms with Gasteiger partial charge in [0.25, 0.3) is 0 Å². The minimum absolute atomic E-state index is 0.526. The van der Waals surface area contributed by atoms with E-state index in [1.54, 1.807) is 0 Å². The molecule has 0 bridgehead atoms. The van der Waals surface area contributed by atoms with E-state index in [-0.39, 0.29) is 0 Å². The van der Waals surface area contributed by atoms with E-state index in [0.29, 0.717) is 24.9 Å². The summed E-state index contributed by atoms with van der Waals surface area (Å²) in [6, 6.07) is 0.526. The molecule has 5 heteroatoms. The topological polar surface area (TPSA) is 77.0 Å². The minimum Gasteiger partial charge on any atom is -0.408 e. The fourth-order valence-corrected chi connectivity index (χ4v) is 1.71. The van der Waals surface area contributed by atoms with Gasteiger partial charge in [-0.1, -0.05) is 24.4 Å². The number of nitrogens with two attached hydrogens (primary N) is 1. The summed E-state index contributed by atoms with van der Waals surface area (Å²) < 4.78 is 5.34. The second-order valence-corrected chi connectivity index (χ2v) is 4.05. The van der Waals surface area contributed by atoms with Crippen molar-refractivity contribution in [1.29, 1.82) is 0 Å². The zero-order valence-electron chi connectivity index (χ0n) is 8.91. The van der Waals surface area contributed by atoms with Crippen molar-refractivity contribution >= 4 is 6.01 Å². The molecule has 3 N–H and O–H groups in total. The molecule has 1 aliphatic carbocycles. The van der Waals surface area contributed by atoms with Gasteiger partial charge in [0.1, 0.15) is 0 Å². The SMILES string of the molecule is NCCc1nnc(NCCC2CCC2)o1. The highest BCUT2D eigenvalue weighted by Gasteiger charge is 2.16. The zero-order valence-corrected chi connectivity index (χ0v) is 8.91. The van der Waals surface area contributed by atoms with Crippen LogP contribution in [-0.2, 0) is 6.42 Å². The molecule has 15 heavy (non-hydrogen) atoms. The molecular formula is C10H18N4O. The third kappa shape index (κ3) is 2.92. The molecule has 1 fully saturated rings. The van der Waals surface area contributed by atoms with E-state index in [2.05, 4.69) is 15.5 Å². The van der Waals surface area contributed by atoms with Crippen molar-refractivity contribution in [2.75, 3.05) is 18.4 Å². The van der Waals surface area contributed by atoms with E-state index in [1.807, 2.05) is 0 Å². The number of nitrogens with one attached hydrogen (secondary N) is 1. The first kappa shape index (κ1) is 10.4. The van der Waals surface area contributed by atoms with E-state index in [4.69, 9.17) is 10.2 Å². The second kappa shape index (κ2) is 5.11. The van der Waals surface area contributed by atoms with E-state index in [1.165, 1.54) is 25.7 Å². The van der Waals surface area contributed by atoms with Crippen molar-refractivity contribution in [2.45, 2.75) is 32.1 Å². The lowest BCUT2D eigenvalue weighted by Gasteiger charge is -2.24. The Morgan fingerprint density at radius 2 is 2.27 bits per heavy atom. The van der Waals surface area contributed by atoms with Gasteiger partial charge in [0.15, 0.2) is 0 Å². The van der Waals surface area contributed by atoms with Crippen LogP contribution in [0.5, 0.6) is 0 Å². The molecule has 1 saturated carbocycles. The molecule has 5 nitrogen and oxygen atoms in total. The highest BCUT2D eigenvalue weighted by molar-refractivity contribution is 5.16. The Morgan fingerprint density at radius 1 is 1.40 bits per heavy atom.